The molecule has 0 bridgehead atoms. The van der Waals surface area contributed by atoms with Gasteiger partial charge in [0.1, 0.15) is 61.5 Å². The first-order chi connectivity index (χ1) is 46.5. The van der Waals surface area contributed by atoms with Crippen LogP contribution in [0.1, 0.15) is 72.7 Å². The highest BCUT2D eigenvalue weighted by Crippen LogP contribution is 2.39. The van der Waals surface area contributed by atoms with Gasteiger partial charge in [-0.3, -0.25) is 4.79 Å². The highest BCUT2D eigenvalue weighted by atomic mass is 16.8. The molecule has 3 aliphatic rings. The number of esters is 3. The van der Waals surface area contributed by atoms with Crippen LogP contribution in [-0.2, 0) is 99.4 Å². The van der Waals surface area contributed by atoms with E-state index in [1.165, 1.54) is 6.92 Å². The fourth-order valence-electron chi connectivity index (χ4n) is 11.6. The number of hydrogen-bond acceptors (Lipinski definition) is 18. The number of rotatable bonds is 28. The second kappa shape index (κ2) is 34.0. The van der Waals surface area contributed by atoms with E-state index in [1.807, 2.05) is 152 Å². The molecule has 8 aromatic carbocycles. The first-order valence-corrected chi connectivity index (χ1v) is 31.7. The molecule has 3 saturated heterocycles. The number of nitrogens with one attached hydrogen (secondary N) is 1. The van der Waals surface area contributed by atoms with Gasteiger partial charge in [0.2, 0.25) is 5.91 Å². The molecule has 0 spiro atoms. The molecule has 19 heteroatoms. The summed E-state index contributed by atoms with van der Waals surface area (Å²) >= 11 is 0. The highest BCUT2D eigenvalue weighted by Gasteiger charge is 2.58. The average Bonchev–Trinajstić information content (AvgIpc) is 0.776. The molecule has 11 rings (SSSR count). The van der Waals surface area contributed by atoms with E-state index in [9.17, 15) is 24.3 Å². The van der Waals surface area contributed by atoms with Gasteiger partial charge in [-0.25, -0.2) is 14.4 Å². The van der Waals surface area contributed by atoms with Crippen molar-refractivity contribution >= 4 is 23.8 Å². The number of hydrogen-bond donors (Lipinski definition) is 2. The van der Waals surface area contributed by atoms with Gasteiger partial charge in [0.05, 0.1) is 62.4 Å². The van der Waals surface area contributed by atoms with Gasteiger partial charge in [0.25, 0.3) is 0 Å². The number of amides is 1. The van der Waals surface area contributed by atoms with Crippen LogP contribution in [0.25, 0.3) is 0 Å². The lowest BCUT2D eigenvalue weighted by Gasteiger charge is -2.51. The summed E-state index contributed by atoms with van der Waals surface area (Å²) < 4.78 is 88.4. The Morgan fingerprint density at radius 2 is 0.737 bits per heavy atom. The fourth-order valence-corrected chi connectivity index (χ4v) is 11.6. The largest absolute Gasteiger partial charge is 0.459 e. The summed E-state index contributed by atoms with van der Waals surface area (Å²) in [5.74, 6) is -3.08. The molecule has 3 fully saturated rings. The second-order valence-electron chi connectivity index (χ2n) is 23.2. The number of aliphatic hydroxyl groups is 1. The molecule has 0 saturated carbocycles. The van der Waals surface area contributed by atoms with Crippen LogP contribution >= 0.6 is 0 Å². The molecule has 494 valence electrons. The van der Waals surface area contributed by atoms with Crippen LogP contribution in [0.2, 0.25) is 0 Å². The standard InChI is InChI=1S/C76H77NO18/c1-50-63(84-44-53-29-13-4-14-30-53)67(85-45-54-31-15-5-16-32-54)69(74(82)89-50)95-76-70(87-47-56-35-19-7-20-36-56)68(86-46-55-33-17-6-18-34-55)65(60(91-76)48-83-43-52-27-11-3-12-28-52)94-75-62(77-51(2)78)66(93-73(81)59-41-25-10-26-42-59)64(92-72(80)58-39-23-9-24-40-58)61(90-75)49-88-71(79)57-37-21-8-22-38-57/h3-42,50,60-70,74-76,82H,43-49H2,1-2H3,(H,77,78)/t50-,60+,61+,62-,63-,64+,65+,66+,67+,68-,69+,70+,74+,75+,76+/m0/s1. The molecule has 0 aliphatic carbocycles. The molecule has 15 atom stereocenters. The molecule has 2 N–H and O–H groups in total. The third kappa shape index (κ3) is 18.6. The Morgan fingerprint density at radius 3 is 1.19 bits per heavy atom. The van der Waals surface area contributed by atoms with Crippen molar-refractivity contribution in [2.24, 2.45) is 0 Å². The van der Waals surface area contributed by atoms with Gasteiger partial charge >= 0.3 is 17.9 Å². The van der Waals surface area contributed by atoms with Crippen molar-refractivity contribution in [2.75, 3.05) is 13.2 Å². The molecular formula is C76H77NO18. The number of carbonyl (C=O) groups is 4. The molecule has 0 unspecified atom stereocenters. The SMILES string of the molecule is CC(=O)N[C@@H]1[C@@H](O[C@H]2[C@H](OCc3ccccc3)[C@@H](OCc3ccccc3)[C@@H](O[C@@H]3[C@H](OCc4ccccc4)[C@@H](OCc4ccccc4)[C@H](C)O[C@H]3O)O[C@@H]2COCc2ccccc2)O[C@H](COC(=O)c2ccccc2)[C@@H](OC(=O)c2ccccc2)[C@@H]1OC(=O)c1ccccc1. The van der Waals surface area contributed by atoms with E-state index in [0.717, 1.165) is 27.8 Å². The Bertz CT molecular complexity index is 3620. The molecule has 3 aliphatic heterocycles. The Kier molecular flexibility index (Phi) is 24.2. The van der Waals surface area contributed by atoms with Crippen LogP contribution in [0.4, 0.5) is 0 Å². The van der Waals surface area contributed by atoms with E-state index in [0.29, 0.717) is 0 Å². The Labute approximate surface area is 551 Å². The van der Waals surface area contributed by atoms with E-state index in [1.54, 1.807) is 97.9 Å². The van der Waals surface area contributed by atoms with Crippen LogP contribution in [0.15, 0.2) is 243 Å². The summed E-state index contributed by atoms with van der Waals surface area (Å²) in [7, 11) is 0. The second-order valence-corrected chi connectivity index (χ2v) is 23.2. The molecule has 8 aromatic rings. The third-order valence-corrected chi connectivity index (χ3v) is 16.4. The minimum absolute atomic E-state index is 0.0331. The van der Waals surface area contributed by atoms with Gasteiger partial charge in [-0.1, -0.05) is 206 Å². The molecule has 3 heterocycles. The Balaban J connectivity index is 1.02. The zero-order valence-electron chi connectivity index (χ0n) is 52.6. The summed E-state index contributed by atoms with van der Waals surface area (Å²) in [5, 5.41) is 15.2. The summed E-state index contributed by atoms with van der Waals surface area (Å²) in [6.45, 7) is 2.52. The number of benzene rings is 8. The first-order valence-electron chi connectivity index (χ1n) is 31.7. The van der Waals surface area contributed by atoms with Crippen molar-refractivity contribution in [3.05, 3.63) is 287 Å². The van der Waals surface area contributed by atoms with Crippen molar-refractivity contribution in [3.63, 3.8) is 0 Å². The maximum Gasteiger partial charge on any atom is 0.338 e. The molecule has 0 aromatic heterocycles. The predicted octanol–water partition coefficient (Wildman–Crippen LogP) is 10.3. The summed E-state index contributed by atoms with van der Waals surface area (Å²) in [6.07, 6.45) is -18.5. The molecule has 95 heavy (non-hydrogen) atoms. The van der Waals surface area contributed by atoms with E-state index >= 15 is 0 Å². The van der Waals surface area contributed by atoms with Gasteiger partial charge in [0.15, 0.2) is 31.1 Å². The zero-order chi connectivity index (χ0) is 65.7. The predicted molar refractivity (Wildman–Crippen MR) is 345 cm³/mol. The van der Waals surface area contributed by atoms with E-state index in [-0.39, 0.29) is 56.3 Å². The third-order valence-electron chi connectivity index (χ3n) is 16.4. The summed E-state index contributed by atoms with van der Waals surface area (Å²) in [5.41, 5.74) is 4.56. The van der Waals surface area contributed by atoms with Crippen molar-refractivity contribution in [2.45, 2.75) is 139 Å². The van der Waals surface area contributed by atoms with Crippen LogP contribution in [0.3, 0.4) is 0 Å². The van der Waals surface area contributed by atoms with Crippen LogP contribution in [0, 0.1) is 0 Å². The van der Waals surface area contributed by atoms with E-state index in [4.69, 9.17) is 61.6 Å². The van der Waals surface area contributed by atoms with Gasteiger partial charge in [-0.05, 0) is 71.1 Å². The summed E-state index contributed by atoms with van der Waals surface area (Å²) in [4.78, 5) is 56.8. The summed E-state index contributed by atoms with van der Waals surface area (Å²) in [6, 6.07) is 70.6. The van der Waals surface area contributed by atoms with Crippen molar-refractivity contribution in [1.29, 1.82) is 0 Å². The normalized spacial score (nSPS) is 25.7. The van der Waals surface area contributed by atoms with Gasteiger partial charge < -0.3 is 72.0 Å². The topological polar surface area (TPSA) is 221 Å². The lowest BCUT2D eigenvalue weighted by atomic mass is 9.94. The van der Waals surface area contributed by atoms with E-state index in [2.05, 4.69) is 5.32 Å². The van der Waals surface area contributed by atoms with Gasteiger partial charge in [0, 0.05) is 6.92 Å². The number of carbonyl (C=O) groups excluding carboxylic acids is 4. The van der Waals surface area contributed by atoms with E-state index < -0.39 is 122 Å². The fraction of sp³-hybridized carbons (Fsp3) is 0.316. The minimum Gasteiger partial charge on any atom is -0.459 e. The minimum atomic E-state index is -1.70. The monoisotopic (exact) mass is 1290 g/mol. The maximum absolute atomic E-state index is 14.6. The smallest absolute Gasteiger partial charge is 0.338 e. The Hall–Kier alpha value is -8.80. The zero-order valence-corrected chi connectivity index (χ0v) is 52.6. The van der Waals surface area contributed by atoms with Crippen LogP contribution in [-0.4, -0.2) is 134 Å². The number of aliphatic hydroxyl groups excluding tert-OH is 1. The first kappa shape index (κ1) is 67.6. The van der Waals surface area contributed by atoms with Crippen molar-refractivity contribution in [1.82, 2.24) is 5.32 Å². The van der Waals surface area contributed by atoms with Crippen LogP contribution in [0.5, 0.6) is 0 Å². The maximum atomic E-state index is 14.6. The van der Waals surface area contributed by atoms with Gasteiger partial charge in [-0.2, -0.15) is 0 Å². The lowest BCUT2D eigenvalue weighted by molar-refractivity contribution is -0.387. The quantitative estimate of drug-likeness (QED) is 0.0344. The molecule has 1 amide bonds. The molecular weight excluding hydrogens is 1210 g/mol. The van der Waals surface area contributed by atoms with Gasteiger partial charge in [-0.15, -0.1) is 0 Å². The highest BCUT2D eigenvalue weighted by molar-refractivity contribution is 5.91. The number of ether oxygens (including phenoxy) is 13. The van der Waals surface area contributed by atoms with Crippen molar-refractivity contribution in [3.8, 4) is 0 Å². The molecule has 0 radical (unpaired) electrons. The Morgan fingerprint density at radius 1 is 0.379 bits per heavy atom. The van der Waals surface area contributed by atoms with Crippen molar-refractivity contribution < 1.29 is 85.9 Å². The lowest BCUT2D eigenvalue weighted by Crippen LogP contribution is -2.70. The molecule has 19 nitrogen and oxygen atoms in total. The average molecular weight is 1290 g/mol. The van der Waals surface area contributed by atoms with Crippen LogP contribution < -0.4 is 5.32 Å².